The molecule has 13 heavy (non-hydrogen) atoms. The summed E-state index contributed by atoms with van der Waals surface area (Å²) in [5.41, 5.74) is -0.882. The number of thioether (sulfide) groups is 1. The zero-order valence-electron chi connectivity index (χ0n) is 8.79. The Kier molecular flexibility index (Phi) is 5.94. The van der Waals surface area contributed by atoms with Gasteiger partial charge in [-0.25, -0.2) is 0 Å². The van der Waals surface area contributed by atoms with Crippen molar-refractivity contribution in [2.45, 2.75) is 33.3 Å². The lowest BCUT2D eigenvalue weighted by molar-refractivity contribution is 0.143. The molecule has 0 aromatic rings. The van der Waals surface area contributed by atoms with Crippen molar-refractivity contribution in [1.82, 2.24) is 0 Å². The summed E-state index contributed by atoms with van der Waals surface area (Å²) in [6, 6.07) is 0. The second kappa shape index (κ2) is 6.12. The summed E-state index contributed by atoms with van der Waals surface area (Å²) in [5, 5.41) is 11.2. The van der Waals surface area contributed by atoms with Gasteiger partial charge in [0, 0.05) is 0 Å². The highest BCUT2D eigenvalue weighted by atomic mass is 32.2. The average molecular weight is 198 g/mol. The van der Waals surface area contributed by atoms with E-state index in [1.165, 1.54) is 0 Å². The van der Waals surface area contributed by atoms with Gasteiger partial charge >= 0.3 is 0 Å². The quantitative estimate of drug-likeness (QED) is 0.704. The van der Waals surface area contributed by atoms with Crippen LogP contribution < -0.4 is 0 Å². The maximum absolute atomic E-state index is 9.25. The van der Waals surface area contributed by atoms with E-state index in [1.54, 1.807) is 31.7 Å². The van der Waals surface area contributed by atoms with Crippen LogP contribution in [0, 0.1) is 17.8 Å². The number of hydrogen-bond acceptors (Lipinski definition) is 2. The molecule has 1 nitrogen and oxygen atoms in total. The standard InChI is InChI=1S/C11H18OS/c1-10(2)9-13-8-6-5-7-11(3,4)12/h6,8,10,12H,9H2,1-4H3/b8-6+. The molecule has 0 bridgehead atoms. The number of rotatable bonds is 3. The highest BCUT2D eigenvalue weighted by Gasteiger charge is 2.04. The van der Waals surface area contributed by atoms with Gasteiger partial charge in [-0.05, 0) is 37.0 Å². The van der Waals surface area contributed by atoms with Crippen LogP contribution in [0.4, 0.5) is 0 Å². The molecule has 0 atom stereocenters. The van der Waals surface area contributed by atoms with Crippen LogP contribution in [0.15, 0.2) is 11.5 Å². The number of hydrogen-bond donors (Lipinski definition) is 1. The van der Waals surface area contributed by atoms with Gasteiger partial charge in [-0.3, -0.25) is 0 Å². The molecule has 0 aromatic heterocycles. The van der Waals surface area contributed by atoms with Gasteiger partial charge in [0.25, 0.3) is 0 Å². The lowest BCUT2D eigenvalue weighted by Crippen LogP contribution is -2.14. The fraction of sp³-hybridized carbons (Fsp3) is 0.636. The first kappa shape index (κ1) is 12.6. The molecule has 0 unspecified atom stereocenters. The van der Waals surface area contributed by atoms with E-state index in [1.807, 2.05) is 5.41 Å². The number of allylic oxidation sites excluding steroid dienone is 1. The van der Waals surface area contributed by atoms with E-state index in [9.17, 15) is 5.11 Å². The van der Waals surface area contributed by atoms with Gasteiger partial charge in [-0.1, -0.05) is 25.7 Å². The monoisotopic (exact) mass is 198 g/mol. The molecule has 0 heterocycles. The van der Waals surface area contributed by atoms with E-state index in [0.29, 0.717) is 5.92 Å². The molecule has 0 aliphatic carbocycles. The molecule has 0 saturated carbocycles. The molecule has 0 fully saturated rings. The van der Waals surface area contributed by atoms with Crippen molar-refractivity contribution in [2.24, 2.45) is 5.92 Å². The normalized spacial score (nSPS) is 11.8. The maximum atomic E-state index is 9.25. The van der Waals surface area contributed by atoms with Crippen LogP contribution >= 0.6 is 11.8 Å². The zero-order chi connectivity index (χ0) is 10.3. The third-order valence-electron chi connectivity index (χ3n) is 1.06. The summed E-state index contributed by atoms with van der Waals surface area (Å²) in [7, 11) is 0. The van der Waals surface area contributed by atoms with Crippen LogP contribution in [0.5, 0.6) is 0 Å². The van der Waals surface area contributed by atoms with E-state index in [2.05, 4.69) is 25.7 Å². The van der Waals surface area contributed by atoms with Crippen molar-refractivity contribution in [1.29, 1.82) is 0 Å². The van der Waals surface area contributed by atoms with Crippen LogP contribution in [-0.4, -0.2) is 16.5 Å². The molecule has 0 saturated heterocycles. The van der Waals surface area contributed by atoms with Crippen LogP contribution in [0.3, 0.4) is 0 Å². The van der Waals surface area contributed by atoms with E-state index >= 15 is 0 Å². The Hall–Kier alpha value is -0.390. The van der Waals surface area contributed by atoms with Crippen molar-refractivity contribution in [3.05, 3.63) is 11.5 Å². The lowest BCUT2D eigenvalue weighted by atomic mass is 10.1. The molecular formula is C11H18OS. The Morgan fingerprint density at radius 2 is 2.08 bits per heavy atom. The predicted octanol–water partition coefficient (Wildman–Crippen LogP) is 2.66. The van der Waals surface area contributed by atoms with Crippen LogP contribution in [0.2, 0.25) is 0 Å². The van der Waals surface area contributed by atoms with Gasteiger partial charge in [0.15, 0.2) is 0 Å². The third kappa shape index (κ3) is 11.6. The zero-order valence-corrected chi connectivity index (χ0v) is 9.61. The molecule has 0 aromatic carbocycles. The van der Waals surface area contributed by atoms with E-state index in [0.717, 1.165) is 5.75 Å². The summed E-state index contributed by atoms with van der Waals surface area (Å²) >= 11 is 1.75. The number of aliphatic hydroxyl groups is 1. The molecule has 2 heteroatoms. The molecule has 0 aliphatic rings. The molecular weight excluding hydrogens is 180 g/mol. The summed E-state index contributed by atoms with van der Waals surface area (Å²) < 4.78 is 0. The molecule has 0 spiro atoms. The lowest BCUT2D eigenvalue weighted by Gasteiger charge is -2.05. The molecule has 1 N–H and O–H groups in total. The molecule has 0 amide bonds. The maximum Gasteiger partial charge on any atom is 0.120 e. The first-order chi connectivity index (χ1) is 5.92. The highest BCUT2D eigenvalue weighted by molar-refractivity contribution is 8.02. The Morgan fingerprint density at radius 3 is 2.54 bits per heavy atom. The van der Waals surface area contributed by atoms with Crippen molar-refractivity contribution >= 4 is 11.8 Å². The summed E-state index contributed by atoms with van der Waals surface area (Å²) in [5.74, 6) is 7.33. The third-order valence-corrected chi connectivity index (χ3v) is 2.24. The van der Waals surface area contributed by atoms with Gasteiger partial charge < -0.3 is 5.11 Å². The highest BCUT2D eigenvalue weighted by Crippen LogP contribution is 2.07. The summed E-state index contributed by atoms with van der Waals surface area (Å²) in [6.45, 7) is 7.72. The van der Waals surface area contributed by atoms with Gasteiger partial charge in [-0.15, -0.1) is 11.8 Å². The first-order valence-electron chi connectivity index (χ1n) is 4.43. The Labute approximate surface area is 85.6 Å². The van der Waals surface area contributed by atoms with Gasteiger partial charge in [-0.2, -0.15) is 0 Å². The minimum absolute atomic E-state index is 0.705. The van der Waals surface area contributed by atoms with Crippen LogP contribution in [0.1, 0.15) is 27.7 Å². The smallest absolute Gasteiger partial charge is 0.120 e. The second-order valence-corrected chi connectivity index (χ2v) is 4.80. The van der Waals surface area contributed by atoms with Crippen molar-refractivity contribution in [2.75, 3.05) is 5.75 Å². The summed E-state index contributed by atoms with van der Waals surface area (Å²) in [4.78, 5) is 0. The topological polar surface area (TPSA) is 20.2 Å². The van der Waals surface area contributed by atoms with Crippen LogP contribution in [0.25, 0.3) is 0 Å². The van der Waals surface area contributed by atoms with E-state index in [4.69, 9.17) is 0 Å². The van der Waals surface area contributed by atoms with Crippen molar-refractivity contribution in [3.8, 4) is 11.8 Å². The molecule has 74 valence electrons. The molecule has 0 aliphatic heterocycles. The summed E-state index contributed by atoms with van der Waals surface area (Å²) in [6.07, 6.45) is 1.78. The fourth-order valence-corrected chi connectivity index (χ4v) is 1.21. The Morgan fingerprint density at radius 1 is 1.46 bits per heavy atom. The molecule has 0 radical (unpaired) electrons. The van der Waals surface area contributed by atoms with E-state index in [-0.39, 0.29) is 0 Å². The Balaban J connectivity index is 3.68. The Bertz CT molecular complexity index is 212. The van der Waals surface area contributed by atoms with Crippen LogP contribution in [-0.2, 0) is 0 Å². The minimum Gasteiger partial charge on any atom is -0.378 e. The first-order valence-corrected chi connectivity index (χ1v) is 5.48. The second-order valence-electron chi connectivity index (χ2n) is 3.86. The van der Waals surface area contributed by atoms with Crippen molar-refractivity contribution < 1.29 is 5.11 Å². The SMILES string of the molecule is CC(C)CS/C=C/C#CC(C)(C)O. The van der Waals surface area contributed by atoms with E-state index < -0.39 is 5.60 Å². The minimum atomic E-state index is -0.882. The van der Waals surface area contributed by atoms with Gasteiger partial charge in [0.05, 0.1) is 0 Å². The van der Waals surface area contributed by atoms with Crippen molar-refractivity contribution in [3.63, 3.8) is 0 Å². The van der Waals surface area contributed by atoms with Gasteiger partial charge in [0.1, 0.15) is 5.60 Å². The van der Waals surface area contributed by atoms with Gasteiger partial charge in [0.2, 0.25) is 0 Å². The predicted molar refractivity (Wildman–Crippen MR) is 60.5 cm³/mol. The largest absolute Gasteiger partial charge is 0.378 e. The average Bonchev–Trinajstić information content (AvgIpc) is 1.93. The molecule has 0 rings (SSSR count). The fourth-order valence-electron chi connectivity index (χ4n) is 0.548.